The molecule has 0 spiro atoms. The molecule has 4 nitrogen and oxygen atoms in total. The van der Waals surface area contributed by atoms with Gasteiger partial charge in [0.05, 0.1) is 12.7 Å². The minimum atomic E-state index is -0.0299. The van der Waals surface area contributed by atoms with Crippen LogP contribution >= 0.6 is 0 Å². The number of hydrogen-bond donors (Lipinski definition) is 1. The van der Waals surface area contributed by atoms with Gasteiger partial charge in [0, 0.05) is 12.6 Å². The molecule has 0 aliphatic carbocycles. The Balaban J connectivity index is 2.03. The van der Waals surface area contributed by atoms with Gasteiger partial charge in [0.2, 0.25) is 0 Å². The maximum Gasteiger partial charge on any atom is 0.255 e. The van der Waals surface area contributed by atoms with E-state index in [9.17, 15) is 4.79 Å². The van der Waals surface area contributed by atoms with Crippen LogP contribution in [0.3, 0.4) is 0 Å². The second kappa shape index (κ2) is 8.18. The fourth-order valence-corrected chi connectivity index (χ4v) is 3.23. The highest BCUT2D eigenvalue weighted by Gasteiger charge is 2.23. The normalized spacial score (nSPS) is 18.4. The highest BCUT2D eigenvalue weighted by atomic mass is 16.5. The molecule has 1 N–H and O–H groups in total. The largest absolute Gasteiger partial charge is 0.496 e. The van der Waals surface area contributed by atoms with E-state index in [0.29, 0.717) is 23.9 Å². The summed E-state index contributed by atoms with van der Waals surface area (Å²) in [6.07, 6.45) is 4.45. The summed E-state index contributed by atoms with van der Waals surface area (Å²) in [7, 11) is 1.61. The number of rotatable bonds is 7. The number of methoxy groups -OCH3 is 1. The van der Waals surface area contributed by atoms with Gasteiger partial charge in [-0.25, -0.2) is 0 Å². The Morgan fingerprint density at radius 3 is 2.91 bits per heavy atom. The number of amides is 1. The maximum atomic E-state index is 12.5. The molecule has 1 fully saturated rings. The molecule has 0 unspecified atom stereocenters. The summed E-state index contributed by atoms with van der Waals surface area (Å²) < 4.78 is 5.34. The van der Waals surface area contributed by atoms with Gasteiger partial charge in [-0.15, -0.1) is 0 Å². The average Bonchev–Trinajstić information content (AvgIpc) is 3.00. The Kier molecular flexibility index (Phi) is 6.25. The molecule has 1 aliphatic rings. The molecule has 1 saturated heterocycles. The van der Waals surface area contributed by atoms with Crippen molar-refractivity contribution in [2.24, 2.45) is 0 Å². The second-order valence-corrected chi connectivity index (χ2v) is 5.92. The summed E-state index contributed by atoms with van der Waals surface area (Å²) in [5.74, 6) is 0.619. The minimum absolute atomic E-state index is 0.0299. The Hall–Kier alpha value is -1.55. The first-order chi connectivity index (χ1) is 10.7. The standard InChI is InChI=1S/C18H28N2O2/c1-4-7-14-9-10-17(22-3)16(12-14)18(21)19-13-15-8-6-11-20(15)5-2/h9-10,12,15H,4-8,11,13H2,1-3H3,(H,19,21)/t15-/m0/s1. The number of nitrogens with one attached hydrogen (secondary N) is 1. The zero-order valence-corrected chi connectivity index (χ0v) is 14.0. The van der Waals surface area contributed by atoms with Crippen LogP contribution in [-0.4, -0.2) is 43.6 Å². The van der Waals surface area contributed by atoms with Crippen LogP contribution in [0.15, 0.2) is 18.2 Å². The van der Waals surface area contributed by atoms with Crippen molar-refractivity contribution in [1.82, 2.24) is 10.2 Å². The van der Waals surface area contributed by atoms with Gasteiger partial charge in [-0.3, -0.25) is 9.69 Å². The molecule has 1 amide bonds. The first-order valence-electron chi connectivity index (χ1n) is 8.38. The molecule has 1 heterocycles. The number of ether oxygens (including phenoxy) is 1. The predicted octanol–water partition coefficient (Wildman–Crippen LogP) is 2.86. The van der Waals surface area contributed by atoms with Crippen molar-refractivity contribution in [2.45, 2.75) is 45.6 Å². The van der Waals surface area contributed by atoms with Crippen molar-refractivity contribution in [3.8, 4) is 5.75 Å². The second-order valence-electron chi connectivity index (χ2n) is 5.92. The topological polar surface area (TPSA) is 41.6 Å². The van der Waals surface area contributed by atoms with Gasteiger partial charge in [0.25, 0.3) is 5.91 Å². The van der Waals surface area contributed by atoms with E-state index in [0.717, 1.165) is 25.9 Å². The summed E-state index contributed by atoms with van der Waals surface area (Å²) in [5.41, 5.74) is 1.83. The van der Waals surface area contributed by atoms with Gasteiger partial charge in [0.15, 0.2) is 0 Å². The van der Waals surface area contributed by atoms with Crippen molar-refractivity contribution in [1.29, 1.82) is 0 Å². The lowest BCUT2D eigenvalue weighted by molar-refractivity contribution is 0.0938. The molecular weight excluding hydrogens is 276 g/mol. The van der Waals surface area contributed by atoms with Gasteiger partial charge < -0.3 is 10.1 Å². The van der Waals surface area contributed by atoms with Crippen molar-refractivity contribution < 1.29 is 9.53 Å². The number of likely N-dealkylation sites (N-methyl/N-ethyl adjacent to an activating group) is 1. The molecule has 122 valence electrons. The summed E-state index contributed by atoms with van der Waals surface area (Å²) in [6, 6.07) is 6.37. The molecule has 0 saturated carbocycles. The zero-order valence-electron chi connectivity index (χ0n) is 14.0. The van der Waals surface area contributed by atoms with E-state index in [1.807, 2.05) is 18.2 Å². The number of aryl methyl sites for hydroxylation is 1. The Morgan fingerprint density at radius 1 is 1.41 bits per heavy atom. The minimum Gasteiger partial charge on any atom is -0.496 e. The van der Waals surface area contributed by atoms with Crippen LogP contribution in [-0.2, 0) is 6.42 Å². The third-order valence-electron chi connectivity index (χ3n) is 4.45. The van der Waals surface area contributed by atoms with E-state index < -0.39 is 0 Å². The number of nitrogens with zero attached hydrogens (tertiary/aromatic N) is 1. The van der Waals surface area contributed by atoms with Gasteiger partial charge in [-0.1, -0.05) is 26.3 Å². The third-order valence-corrected chi connectivity index (χ3v) is 4.45. The Bertz CT molecular complexity index is 502. The first-order valence-corrected chi connectivity index (χ1v) is 8.38. The van der Waals surface area contributed by atoms with Crippen LogP contribution < -0.4 is 10.1 Å². The summed E-state index contributed by atoms with van der Waals surface area (Å²) in [6.45, 7) is 7.23. The van der Waals surface area contributed by atoms with Crippen LogP contribution in [0.5, 0.6) is 5.75 Å². The molecular formula is C18H28N2O2. The molecule has 1 atom stereocenters. The average molecular weight is 304 g/mol. The number of hydrogen-bond acceptors (Lipinski definition) is 3. The van der Waals surface area contributed by atoms with E-state index in [1.54, 1.807) is 7.11 Å². The van der Waals surface area contributed by atoms with Crippen molar-refractivity contribution in [3.05, 3.63) is 29.3 Å². The molecule has 22 heavy (non-hydrogen) atoms. The van der Waals surface area contributed by atoms with Crippen molar-refractivity contribution in [2.75, 3.05) is 26.7 Å². The van der Waals surface area contributed by atoms with Gasteiger partial charge >= 0.3 is 0 Å². The Labute approximate surface area is 133 Å². The lowest BCUT2D eigenvalue weighted by Gasteiger charge is -2.23. The highest BCUT2D eigenvalue weighted by Crippen LogP contribution is 2.21. The van der Waals surface area contributed by atoms with Crippen LogP contribution in [0.2, 0.25) is 0 Å². The van der Waals surface area contributed by atoms with Gasteiger partial charge in [-0.05, 0) is 50.0 Å². The van der Waals surface area contributed by atoms with E-state index in [-0.39, 0.29) is 5.91 Å². The van der Waals surface area contributed by atoms with Crippen LogP contribution in [0.4, 0.5) is 0 Å². The maximum absolute atomic E-state index is 12.5. The van der Waals surface area contributed by atoms with E-state index in [2.05, 4.69) is 24.1 Å². The Morgan fingerprint density at radius 2 is 2.23 bits per heavy atom. The number of carbonyl (C=O) groups is 1. The quantitative estimate of drug-likeness (QED) is 0.842. The summed E-state index contributed by atoms with van der Waals surface area (Å²) in [5, 5.41) is 3.09. The molecule has 1 aromatic carbocycles. The molecule has 0 aromatic heterocycles. The molecule has 0 bridgehead atoms. The summed E-state index contributed by atoms with van der Waals surface area (Å²) in [4.78, 5) is 15.0. The summed E-state index contributed by atoms with van der Waals surface area (Å²) >= 11 is 0. The lowest BCUT2D eigenvalue weighted by atomic mass is 10.1. The van der Waals surface area contributed by atoms with Crippen LogP contribution in [0, 0.1) is 0 Å². The van der Waals surface area contributed by atoms with Gasteiger partial charge in [0.1, 0.15) is 5.75 Å². The fourth-order valence-electron chi connectivity index (χ4n) is 3.23. The zero-order chi connectivity index (χ0) is 15.9. The molecule has 4 heteroatoms. The highest BCUT2D eigenvalue weighted by molar-refractivity contribution is 5.97. The van der Waals surface area contributed by atoms with E-state index in [1.165, 1.54) is 18.4 Å². The molecule has 1 aliphatic heterocycles. The third kappa shape index (κ3) is 4.01. The number of carbonyl (C=O) groups excluding carboxylic acids is 1. The van der Waals surface area contributed by atoms with Crippen molar-refractivity contribution >= 4 is 5.91 Å². The predicted molar refractivity (Wildman–Crippen MR) is 89.6 cm³/mol. The SMILES string of the molecule is CCCc1ccc(OC)c(C(=O)NC[C@@H]2CCCN2CC)c1. The monoisotopic (exact) mass is 304 g/mol. The number of benzene rings is 1. The van der Waals surface area contributed by atoms with Crippen LogP contribution in [0.25, 0.3) is 0 Å². The van der Waals surface area contributed by atoms with E-state index >= 15 is 0 Å². The fraction of sp³-hybridized carbons (Fsp3) is 0.611. The molecule has 2 rings (SSSR count). The lowest BCUT2D eigenvalue weighted by Crippen LogP contribution is -2.40. The van der Waals surface area contributed by atoms with Gasteiger partial charge in [-0.2, -0.15) is 0 Å². The molecule has 1 aromatic rings. The molecule has 0 radical (unpaired) electrons. The van der Waals surface area contributed by atoms with E-state index in [4.69, 9.17) is 4.74 Å². The smallest absolute Gasteiger partial charge is 0.255 e. The first kappa shape index (κ1) is 16.8. The number of likely N-dealkylation sites (tertiary alicyclic amines) is 1. The van der Waals surface area contributed by atoms with Crippen LogP contribution in [0.1, 0.15) is 49.0 Å². The van der Waals surface area contributed by atoms with Crippen molar-refractivity contribution in [3.63, 3.8) is 0 Å².